The number of benzene rings is 10. The van der Waals surface area contributed by atoms with E-state index in [1.165, 1.54) is 99.1 Å². The number of hydrogen-bond acceptors (Lipinski definition) is 2. The molecule has 0 saturated heterocycles. The fraction of sp³-hybridized carbons (Fsp3) is 0.100. The lowest BCUT2D eigenvalue weighted by Gasteiger charge is -2.36. The molecule has 0 bridgehead atoms. The first-order valence-corrected chi connectivity index (χ1v) is 21.7. The molecule has 0 radical (unpaired) electrons. The molecule has 2 aliphatic rings. The molecule has 0 unspecified atom stereocenters. The normalized spacial score (nSPS) is 14.3. The third-order valence-electron chi connectivity index (χ3n) is 13.7. The lowest BCUT2D eigenvalue weighted by Crippen LogP contribution is -2.25. The summed E-state index contributed by atoms with van der Waals surface area (Å²) in [5, 5.41) is 7.27. The van der Waals surface area contributed by atoms with E-state index in [-0.39, 0.29) is 10.8 Å². The Bertz CT molecular complexity index is 3300. The molecule has 0 saturated carbocycles. The summed E-state index contributed by atoms with van der Waals surface area (Å²) in [6.45, 7) is 9.34. The predicted molar refractivity (Wildman–Crippen MR) is 258 cm³/mol. The molecule has 2 heterocycles. The Kier molecular flexibility index (Phi) is 7.96. The first-order chi connectivity index (χ1) is 30.3. The van der Waals surface area contributed by atoms with Gasteiger partial charge in [-0.15, -0.1) is 0 Å². The maximum absolute atomic E-state index is 6.71. The maximum Gasteiger partial charge on any atom is 0.132 e. The second kappa shape index (κ2) is 13.5. The van der Waals surface area contributed by atoms with Crippen molar-refractivity contribution in [2.75, 3.05) is 0 Å². The summed E-state index contributed by atoms with van der Waals surface area (Å²) in [4.78, 5) is 0. The van der Waals surface area contributed by atoms with E-state index < -0.39 is 0 Å². The van der Waals surface area contributed by atoms with Crippen LogP contribution >= 0.6 is 0 Å². The largest absolute Gasteiger partial charge is 0.457 e. The van der Waals surface area contributed by atoms with Gasteiger partial charge < -0.3 is 9.47 Å². The molecule has 10 aromatic carbocycles. The summed E-state index contributed by atoms with van der Waals surface area (Å²) >= 11 is 0. The van der Waals surface area contributed by atoms with Crippen LogP contribution in [0.15, 0.2) is 194 Å². The second-order valence-electron chi connectivity index (χ2n) is 18.0. The Morgan fingerprint density at radius 1 is 0.306 bits per heavy atom. The summed E-state index contributed by atoms with van der Waals surface area (Å²) in [7, 11) is 0. The molecule has 0 aliphatic carbocycles. The highest BCUT2D eigenvalue weighted by molar-refractivity contribution is 6.20. The molecule has 2 heteroatoms. The maximum atomic E-state index is 6.71. The fourth-order valence-electron chi connectivity index (χ4n) is 10.9. The van der Waals surface area contributed by atoms with Crippen LogP contribution in [-0.2, 0) is 10.8 Å². The van der Waals surface area contributed by atoms with Gasteiger partial charge in [0.25, 0.3) is 0 Å². The standard InChI is InChI=1S/C60H44O2/c1-59(2)50-28-10-12-30-52(50)61-54-32-16-26-45(57(54)59)41-22-14-24-43-48(41)36-49-42(46-27-17-33-55-58(46)60(3,4)51-29-11-13-31-53(51)62-55)23-15-25-44(49)56(43)39-34-38-20-8-9-21-40(38)47(35-39)37-18-6-5-7-19-37/h5-36H,1-4H3. The van der Waals surface area contributed by atoms with Crippen LogP contribution in [0, 0.1) is 0 Å². The molecule has 0 amide bonds. The van der Waals surface area contributed by atoms with Crippen LogP contribution in [0.3, 0.4) is 0 Å². The van der Waals surface area contributed by atoms with Crippen LogP contribution in [-0.4, -0.2) is 0 Å². The van der Waals surface area contributed by atoms with E-state index in [4.69, 9.17) is 9.47 Å². The summed E-state index contributed by atoms with van der Waals surface area (Å²) in [6, 6.07) is 70.7. The first-order valence-electron chi connectivity index (χ1n) is 21.7. The summed E-state index contributed by atoms with van der Waals surface area (Å²) in [5.74, 6) is 3.66. The van der Waals surface area contributed by atoms with E-state index >= 15 is 0 Å². The molecule has 0 N–H and O–H groups in total. The Morgan fingerprint density at radius 3 is 1.34 bits per heavy atom. The Hall–Kier alpha value is -7.42. The van der Waals surface area contributed by atoms with Gasteiger partial charge in [0.15, 0.2) is 0 Å². The molecule has 62 heavy (non-hydrogen) atoms. The van der Waals surface area contributed by atoms with E-state index in [1.807, 2.05) is 0 Å². The van der Waals surface area contributed by atoms with Crippen LogP contribution in [0.25, 0.3) is 76.8 Å². The van der Waals surface area contributed by atoms with Gasteiger partial charge in [0.1, 0.15) is 23.0 Å². The van der Waals surface area contributed by atoms with Crippen molar-refractivity contribution < 1.29 is 9.47 Å². The second-order valence-corrected chi connectivity index (χ2v) is 18.0. The predicted octanol–water partition coefficient (Wildman–Crippen LogP) is 16.7. The van der Waals surface area contributed by atoms with Crippen molar-refractivity contribution in [1.29, 1.82) is 0 Å². The zero-order valence-corrected chi connectivity index (χ0v) is 35.3. The highest BCUT2D eigenvalue weighted by Crippen LogP contribution is 2.55. The number of rotatable bonds is 4. The summed E-state index contributed by atoms with van der Waals surface area (Å²) in [6.07, 6.45) is 0. The van der Waals surface area contributed by atoms with Gasteiger partial charge >= 0.3 is 0 Å². The molecule has 0 atom stereocenters. The highest BCUT2D eigenvalue weighted by atomic mass is 16.5. The number of ether oxygens (including phenoxy) is 2. The quantitative estimate of drug-likeness (QED) is 0.165. The van der Waals surface area contributed by atoms with Gasteiger partial charge in [-0.2, -0.15) is 0 Å². The fourth-order valence-corrected chi connectivity index (χ4v) is 10.9. The molecule has 0 spiro atoms. The summed E-state index contributed by atoms with van der Waals surface area (Å²) < 4.78 is 13.4. The third-order valence-corrected chi connectivity index (χ3v) is 13.7. The number of para-hydroxylation sites is 2. The van der Waals surface area contributed by atoms with Gasteiger partial charge in [-0.3, -0.25) is 0 Å². The van der Waals surface area contributed by atoms with E-state index in [0.717, 1.165) is 23.0 Å². The minimum atomic E-state index is -0.304. The Labute approximate surface area is 362 Å². The highest BCUT2D eigenvalue weighted by Gasteiger charge is 2.38. The van der Waals surface area contributed by atoms with E-state index in [0.29, 0.717) is 0 Å². The van der Waals surface area contributed by atoms with Crippen LogP contribution in [0.2, 0.25) is 0 Å². The molecule has 0 fully saturated rings. The van der Waals surface area contributed by atoms with Gasteiger partial charge in [-0.25, -0.2) is 0 Å². The van der Waals surface area contributed by atoms with Crippen LogP contribution < -0.4 is 9.47 Å². The van der Waals surface area contributed by atoms with Gasteiger partial charge in [0.2, 0.25) is 0 Å². The van der Waals surface area contributed by atoms with Crippen molar-refractivity contribution in [2.45, 2.75) is 38.5 Å². The molecule has 10 aromatic rings. The number of hydrogen-bond donors (Lipinski definition) is 0. The van der Waals surface area contributed by atoms with Crippen molar-refractivity contribution in [3.63, 3.8) is 0 Å². The van der Waals surface area contributed by atoms with E-state index in [2.05, 4.69) is 222 Å². The minimum absolute atomic E-state index is 0.304. The van der Waals surface area contributed by atoms with E-state index in [1.54, 1.807) is 0 Å². The third kappa shape index (κ3) is 5.36. The van der Waals surface area contributed by atoms with Crippen molar-refractivity contribution in [3.8, 4) is 67.5 Å². The monoisotopic (exact) mass is 796 g/mol. The molecule has 2 aliphatic heterocycles. The zero-order valence-electron chi connectivity index (χ0n) is 35.3. The van der Waals surface area contributed by atoms with Crippen LogP contribution in [0.4, 0.5) is 0 Å². The lowest BCUT2D eigenvalue weighted by atomic mass is 9.72. The van der Waals surface area contributed by atoms with Crippen LogP contribution in [0.1, 0.15) is 49.9 Å². The molecular weight excluding hydrogens is 753 g/mol. The van der Waals surface area contributed by atoms with E-state index in [9.17, 15) is 0 Å². The Morgan fingerprint density at radius 2 is 0.758 bits per heavy atom. The minimum Gasteiger partial charge on any atom is -0.457 e. The van der Waals surface area contributed by atoms with Gasteiger partial charge in [0, 0.05) is 33.1 Å². The zero-order chi connectivity index (χ0) is 41.7. The smallest absolute Gasteiger partial charge is 0.132 e. The molecule has 12 rings (SSSR count). The van der Waals surface area contributed by atoms with Crippen molar-refractivity contribution in [3.05, 3.63) is 216 Å². The molecule has 0 aromatic heterocycles. The topological polar surface area (TPSA) is 18.5 Å². The number of fused-ring (bicyclic) bond motifs is 7. The average Bonchev–Trinajstić information content (AvgIpc) is 3.30. The molecule has 2 nitrogen and oxygen atoms in total. The van der Waals surface area contributed by atoms with Crippen molar-refractivity contribution >= 4 is 32.3 Å². The molecule has 296 valence electrons. The summed E-state index contributed by atoms with van der Waals surface area (Å²) in [5.41, 5.74) is 13.8. The van der Waals surface area contributed by atoms with Gasteiger partial charge in [-0.1, -0.05) is 179 Å². The van der Waals surface area contributed by atoms with Crippen molar-refractivity contribution in [1.82, 2.24) is 0 Å². The lowest BCUT2D eigenvalue weighted by molar-refractivity contribution is 0.418. The Balaban J connectivity index is 1.20. The van der Waals surface area contributed by atoms with Crippen molar-refractivity contribution in [2.24, 2.45) is 0 Å². The van der Waals surface area contributed by atoms with Gasteiger partial charge in [0.05, 0.1) is 0 Å². The first kappa shape index (κ1) is 36.4. The molecular formula is C60H44O2. The van der Waals surface area contributed by atoms with Gasteiger partial charge in [-0.05, 0) is 119 Å². The average molecular weight is 797 g/mol. The van der Waals surface area contributed by atoms with Crippen LogP contribution in [0.5, 0.6) is 23.0 Å². The SMILES string of the molecule is CC1(C)c2ccccc2Oc2cccc(-c3cccc4c(-c5cc(-c6ccccc6)c6ccccc6c5)c5cccc(-c6cccc7c6C(C)(C)c6ccccc6O7)c5cc34)c21.